The minimum Gasteiger partial charge on any atom is -0.495 e. The standard InChI is InChI=1S/C12H15NO5/c1-7(14)13-9-4-3-8(6-11(9)18-2)5-10(15)12(16)17/h3-4,6,10,15H,5H2,1-2H3,(H,13,14)(H,16,17). The van der Waals surface area contributed by atoms with Crippen LogP contribution in [0.25, 0.3) is 0 Å². The fraction of sp³-hybridized carbons (Fsp3) is 0.333. The van der Waals surface area contributed by atoms with E-state index in [9.17, 15) is 14.7 Å². The van der Waals surface area contributed by atoms with Crippen molar-refractivity contribution in [3.63, 3.8) is 0 Å². The number of aliphatic hydroxyl groups excluding tert-OH is 1. The van der Waals surface area contributed by atoms with Gasteiger partial charge in [-0.05, 0) is 17.7 Å². The second-order valence-corrected chi connectivity index (χ2v) is 3.77. The molecule has 0 saturated heterocycles. The summed E-state index contributed by atoms with van der Waals surface area (Å²) in [6.45, 7) is 1.38. The molecule has 18 heavy (non-hydrogen) atoms. The van der Waals surface area contributed by atoms with Crippen LogP contribution in [0, 0.1) is 0 Å². The van der Waals surface area contributed by atoms with Crippen LogP contribution in [0.15, 0.2) is 18.2 Å². The lowest BCUT2D eigenvalue weighted by Gasteiger charge is -2.12. The maximum absolute atomic E-state index is 10.9. The highest BCUT2D eigenvalue weighted by Crippen LogP contribution is 2.26. The van der Waals surface area contributed by atoms with Crippen LogP contribution in [0.4, 0.5) is 5.69 Å². The molecule has 0 aliphatic heterocycles. The van der Waals surface area contributed by atoms with E-state index in [1.54, 1.807) is 18.2 Å². The number of hydrogen-bond donors (Lipinski definition) is 3. The molecule has 1 amide bonds. The average Bonchev–Trinajstić information content (AvgIpc) is 2.30. The van der Waals surface area contributed by atoms with E-state index in [1.165, 1.54) is 14.0 Å². The van der Waals surface area contributed by atoms with Gasteiger partial charge in [-0.1, -0.05) is 6.07 Å². The van der Waals surface area contributed by atoms with Gasteiger partial charge in [-0.15, -0.1) is 0 Å². The zero-order valence-corrected chi connectivity index (χ0v) is 10.1. The molecule has 1 rings (SSSR count). The molecule has 6 heteroatoms. The Balaban J connectivity index is 2.91. The van der Waals surface area contributed by atoms with Gasteiger partial charge < -0.3 is 20.3 Å². The predicted molar refractivity (Wildman–Crippen MR) is 64.6 cm³/mol. The van der Waals surface area contributed by atoms with E-state index < -0.39 is 12.1 Å². The van der Waals surface area contributed by atoms with Crippen LogP contribution < -0.4 is 10.1 Å². The molecule has 6 nitrogen and oxygen atoms in total. The van der Waals surface area contributed by atoms with Gasteiger partial charge in [-0.25, -0.2) is 4.79 Å². The zero-order valence-electron chi connectivity index (χ0n) is 10.1. The lowest BCUT2D eigenvalue weighted by molar-refractivity contribution is -0.146. The molecule has 0 fully saturated rings. The molecule has 0 bridgehead atoms. The monoisotopic (exact) mass is 253 g/mol. The molecule has 0 radical (unpaired) electrons. The second-order valence-electron chi connectivity index (χ2n) is 3.77. The zero-order chi connectivity index (χ0) is 13.7. The van der Waals surface area contributed by atoms with E-state index in [0.29, 0.717) is 17.0 Å². The molecule has 0 spiro atoms. The fourth-order valence-electron chi connectivity index (χ4n) is 1.47. The number of amides is 1. The molecule has 1 unspecified atom stereocenters. The Morgan fingerprint density at radius 3 is 2.61 bits per heavy atom. The number of aliphatic hydroxyl groups is 1. The first kappa shape index (κ1) is 14.0. The third-order valence-electron chi connectivity index (χ3n) is 2.29. The van der Waals surface area contributed by atoms with Gasteiger partial charge in [0.15, 0.2) is 6.10 Å². The Morgan fingerprint density at radius 1 is 1.44 bits per heavy atom. The van der Waals surface area contributed by atoms with Crippen molar-refractivity contribution in [3.8, 4) is 5.75 Å². The van der Waals surface area contributed by atoms with Gasteiger partial charge in [0.2, 0.25) is 5.91 Å². The fourth-order valence-corrected chi connectivity index (χ4v) is 1.47. The number of aliphatic carboxylic acids is 1. The number of anilines is 1. The Hall–Kier alpha value is -2.08. The second kappa shape index (κ2) is 6.02. The van der Waals surface area contributed by atoms with Crippen molar-refractivity contribution >= 4 is 17.6 Å². The Labute approximate surface area is 104 Å². The quantitative estimate of drug-likeness (QED) is 0.715. The van der Waals surface area contributed by atoms with E-state index in [0.717, 1.165) is 0 Å². The Kier molecular flexibility index (Phi) is 4.67. The molecule has 0 heterocycles. The maximum Gasteiger partial charge on any atom is 0.332 e. The van der Waals surface area contributed by atoms with Gasteiger partial charge in [-0.2, -0.15) is 0 Å². The molecule has 1 aromatic carbocycles. The minimum atomic E-state index is -1.46. The number of carboxylic acid groups (broad SMARTS) is 1. The number of ether oxygens (including phenoxy) is 1. The van der Waals surface area contributed by atoms with E-state index >= 15 is 0 Å². The first-order valence-electron chi connectivity index (χ1n) is 5.29. The number of rotatable bonds is 5. The molecule has 0 saturated carbocycles. The highest BCUT2D eigenvalue weighted by Gasteiger charge is 2.15. The summed E-state index contributed by atoms with van der Waals surface area (Å²) in [4.78, 5) is 21.5. The van der Waals surface area contributed by atoms with Gasteiger partial charge in [0.05, 0.1) is 12.8 Å². The van der Waals surface area contributed by atoms with Crippen molar-refractivity contribution in [1.82, 2.24) is 0 Å². The number of hydrogen-bond acceptors (Lipinski definition) is 4. The van der Waals surface area contributed by atoms with E-state index in [2.05, 4.69) is 5.32 Å². The Bertz CT molecular complexity index is 458. The SMILES string of the molecule is COc1cc(CC(O)C(=O)O)ccc1NC(C)=O. The summed E-state index contributed by atoms with van der Waals surface area (Å²) in [7, 11) is 1.44. The van der Waals surface area contributed by atoms with Crippen LogP contribution in [0.5, 0.6) is 5.75 Å². The lowest BCUT2D eigenvalue weighted by Crippen LogP contribution is -2.22. The minimum absolute atomic E-state index is 0.0218. The van der Waals surface area contributed by atoms with Crippen molar-refractivity contribution in [2.24, 2.45) is 0 Å². The third-order valence-corrected chi connectivity index (χ3v) is 2.29. The maximum atomic E-state index is 10.9. The van der Waals surface area contributed by atoms with Crippen molar-refractivity contribution in [1.29, 1.82) is 0 Å². The van der Waals surface area contributed by atoms with E-state index in [1.807, 2.05) is 0 Å². The molecule has 3 N–H and O–H groups in total. The molecule has 0 aliphatic carbocycles. The summed E-state index contributed by atoms with van der Waals surface area (Å²) in [6.07, 6.45) is -1.48. The van der Waals surface area contributed by atoms with Gasteiger partial charge >= 0.3 is 5.97 Å². The molecular formula is C12H15NO5. The van der Waals surface area contributed by atoms with Gasteiger partial charge in [0.25, 0.3) is 0 Å². The number of methoxy groups -OCH3 is 1. The molecule has 1 atom stereocenters. The van der Waals surface area contributed by atoms with E-state index in [4.69, 9.17) is 9.84 Å². The number of carbonyl (C=O) groups excluding carboxylic acids is 1. The lowest BCUT2D eigenvalue weighted by atomic mass is 10.1. The molecule has 0 aliphatic rings. The Morgan fingerprint density at radius 2 is 2.11 bits per heavy atom. The summed E-state index contributed by atoms with van der Waals surface area (Å²) in [5, 5.41) is 20.4. The average molecular weight is 253 g/mol. The van der Waals surface area contributed by atoms with Crippen molar-refractivity contribution < 1.29 is 24.5 Å². The van der Waals surface area contributed by atoms with Crippen LogP contribution in [0.2, 0.25) is 0 Å². The number of carbonyl (C=O) groups is 2. The largest absolute Gasteiger partial charge is 0.495 e. The first-order chi connectivity index (χ1) is 8.43. The van der Waals surface area contributed by atoms with E-state index in [-0.39, 0.29) is 12.3 Å². The van der Waals surface area contributed by atoms with Crippen LogP contribution in [-0.4, -0.2) is 35.3 Å². The van der Waals surface area contributed by atoms with Crippen LogP contribution in [-0.2, 0) is 16.0 Å². The molecule has 1 aromatic rings. The molecule has 98 valence electrons. The molecular weight excluding hydrogens is 238 g/mol. The summed E-state index contributed by atoms with van der Waals surface area (Å²) >= 11 is 0. The first-order valence-corrected chi connectivity index (χ1v) is 5.29. The highest BCUT2D eigenvalue weighted by atomic mass is 16.5. The van der Waals surface area contributed by atoms with Crippen LogP contribution in [0.3, 0.4) is 0 Å². The summed E-state index contributed by atoms with van der Waals surface area (Å²) in [6, 6.07) is 4.81. The van der Waals surface area contributed by atoms with Gasteiger partial charge in [0, 0.05) is 13.3 Å². The summed E-state index contributed by atoms with van der Waals surface area (Å²) in [5.41, 5.74) is 1.11. The van der Waals surface area contributed by atoms with Gasteiger partial charge in [-0.3, -0.25) is 4.79 Å². The third kappa shape index (κ3) is 3.74. The number of benzene rings is 1. The van der Waals surface area contributed by atoms with Crippen LogP contribution >= 0.6 is 0 Å². The van der Waals surface area contributed by atoms with Crippen molar-refractivity contribution in [2.75, 3.05) is 12.4 Å². The van der Waals surface area contributed by atoms with Crippen LogP contribution in [0.1, 0.15) is 12.5 Å². The van der Waals surface area contributed by atoms with Crippen molar-refractivity contribution in [3.05, 3.63) is 23.8 Å². The number of carboxylic acids is 1. The number of nitrogens with one attached hydrogen (secondary N) is 1. The van der Waals surface area contributed by atoms with Gasteiger partial charge in [0.1, 0.15) is 5.75 Å². The normalized spacial score (nSPS) is 11.7. The summed E-state index contributed by atoms with van der Waals surface area (Å²) in [5.74, 6) is -1.09. The smallest absolute Gasteiger partial charge is 0.332 e. The highest BCUT2D eigenvalue weighted by molar-refractivity contribution is 5.90. The van der Waals surface area contributed by atoms with Crippen molar-refractivity contribution in [2.45, 2.75) is 19.4 Å². The predicted octanol–water partition coefficient (Wildman–Crippen LogP) is 0.642. The topological polar surface area (TPSA) is 95.9 Å². The summed E-state index contributed by atoms with van der Waals surface area (Å²) < 4.78 is 5.09. The molecule has 0 aromatic heterocycles.